The lowest BCUT2D eigenvalue weighted by atomic mass is 9.82. The summed E-state index contributed by atoms with van der Waals surface area (Å²) >= 11 is 0. The summed E-state index contributed by atoms with van der Waals surface area (Å²) in [7, 11) is 0. The van der Waals surface area contributed by atoms with Crippen LogP contribution in [0.5, 0.6) is 0 Å². The van der Waals surface area contributed by atoms with Crippen LogP contribution in [-0.4, -0.2) is 58.5 Å². The molecular weight excluding hydrogens is 308 g/mol. The Morgan fingerprint density at radius 1 is 1.12 bits per heavy atom. The van der Waals surface area contributed by atoms with Gasteiger partial charge in [-0.3, -0.25) is 9.59 Å². The third kappa shape index (κ3) is 3.64. The van der Waals surface area contributed by atoms with Crippen LogP contribution in [0.3, 0.4) is 0 Å². The van der Waals surface area contributed by atoms with Gasteiger partial charge in [-0.15, -0.1) is 0 Å². The van der Waals surface area contributed by atoms with Crippen LogP contribution < -0.4 is 0 Å². The maximum atomic E-state index is 12.5. The molecule has 0 bridgehead atoms. The van der Waals surface area contributed by atoms with Crippen LogP contribution in [0.15, 0.2) is 16.7 Å². The molecule has 1 saturated carbocycles. The maximum Gasteiger partial charge on any atom is 0.257 e. The van der Waals surface area contributed by atoms with Crippen molar-refractivity contribution >= 4 is 11.8 Å². The zero-order valence-corrected chi connectivity index (χ0v) is 14.3. The molecule has 1 aromatic heterocycles. The van der Waals surface area contributed by atoms with E-state index in [-0.39, 0.29) is 18.2 Å². The number of carbonyl (C=O) groups is 2. The van der Waals surface area contributed by atoms with Gasteiger partial charge in [0.15, 0.2) is 0 Å². The van der Waals surface area contributed by atoms with Crippen molar-refractivity contribution in [2.24, 2.45) is 0 Å². The predicted molar refractivity (Wildman–Crippen MR) is 88.6 cm³/mol. The lowest BCUT2D eigenvalue weighted by Crippen LogP contribution is -2.52. The van der Waals surface area contributed by atoms with E-state index in [4.69, 9.17) is 4.42 Å². The summed E-state index contributed by atoms with van der Waals surface area (Å²) in [6.45, 7) is 3.87. The van der Waals surface area contributed by atoms with Gasteiger partial charge in [0.25, 0.3) is 5.91 Å². The van der Waals surface area contributed by atoms with Gasteiger partial charge in [-0.25, -0.2) is 0 Å². The normalized spacial score (nSPS) is 20.9. The summed E-state index contributed by atoms with van der Waals surface area (Å²) in [5.41, 5.74) is -0.234. The Morgan fingerprint density at radius 2 is 1.75 bits per heavy atom. The van der Waals surface area contributed by atoms with Crippen molar-refractivity contribution in [3.8, 4) is 0 Å². The van der Waals surface area contributed by atoms with E-state index in [9.17, 15) is 14.7 Å². The number of rotatable bonds is 3. The van der Waals surface area contributed by atoms with E-state index in [0.717, 1.165) is 32.1 Å². The number of nitrogens with zero attached hydrogens (tertiary/aromatic N) is 2. The molecule has 0 atom stereocenters. The molecule has 6 nitrogen and oxygen atoms in total. The second-order valence-electron chi connectivity index (χ2n) is 7.03. The SMILES string of the molecule is Cc1occc1C(=O)N1CCN(C(=O)CC2(O)CCCCC2)CC1. The van der Waals surface area contributed by atoms with Crippen molar-refractivity contribution in [1.82, 2.24) is 9.80 Å². The van der Waals surface area contributed by atoms with Gasteiger partial charge in [-0.05, 0) is 25.8 Å². The maximum absolute atomic E-state index is 12.5. The quantitative estimate of drug-likeness (QED) is 0.917. The third-order valence-electron chi connectivity index (χ3n) is 5.27. The average Bonchev–Trinajstić information content (AvgIpc) is 3.00. The molecule has 0 unspecified atom stereocenters. The smallest absolute Gasteiger partial charge is 0.257 e. The monoisotopic (exact) mass is 334 g/mol. The summed E-state index contributed by atoms with van der Waals surface area (Å²) in [5, 5.41) is 10.5. The van der Waals surface area contributed by atoms with Gasteiger partial charge in [-0.1, -0.05) is 19.3 Å². The van der Waals surface area contributed by atoms with Crippen molar-refractivity contribution in [3.63, 3.8) is 0 Å². The van der Waals surface area contributed by atoms with Crippen molar-refractivity contribution in [2.75, 3.05) is 26.2 Å². The molecule has 1 aliphatic carbocycles. The zero-order chi connectivity index (χ0) is 17.2. The summed E-state index contributed by atoms with van der Waals surface area (Å²) in [5.74, 6) is 0.586. The van der Waals surface area contributed by atoms with Gasteiger partial charge in [0.1, 0.15) is 5.76 Å². The highest BCUT2D eigenvalue weighted by molar-refractivity contribution is 5.95. The second-order valence-corrected chi connectivity index (χ2v) is 7.03. The Kier molecular flexibility index (Phi) is 4.94. The molecule has 0 aromatic carbocycles. The first-order valence-electron chi connectivity index (χ1n) is 8.82. The van der Waals surface area contributed by atoms with Crippen molar-refractivity contribution in [3.05, 3.63) is 23.7 Å². The highest BCUT2D eigenvalue weighted by Gasteiger charge is 2.34. The zero-order valence-electron chi connectivity index (χ0n) is 14.3. The Balaban J connectivity index is 1.52. The molecule has 2 fully saturated rings. The lowest BCUT2D eigenvalue weighted by molar-refractivity contribution is -0.139. The molecule has 2 amide bonds. The van der Waals surface area contributed by atoms with Gasteiger partial charge in [0.2, 0.25) is 5.91 Å². The van der Waals surface area contributed by atoms with Gasteiger partial charge < -0.3 is 19.3 Å². The van der Waals surface area contributed by atoms with Crippen molar-refractivity contribution < 1.29 is 19.1 Å². The minimum Gasteiger partial charge on any atom is -0.469 e. The summed E-state index contributed by atoms with van der Waals surface area (Å²) < 4.78 is 5.19. The van der Waals surface area contributed by atoms with E-state index >= 15 is 0 Å². The van der Waals surface area contributed by atoms with Gasteiger partial charge >= 0.3 is 0 Å². The molecule has 2 aliphatic rings. The number of hydrogen-bond donors (Lipinski definition) is 1. The van der Waals surface area contributed by atoms with Crippen LogP contribution in [0, 0.1) is 6.92 Å². The fourth-order valence-corrected chi connectivity index (χ4v) is 3.72. The van der Waals surface area contributed by atoms with Gasteiger partial charge in [-0.2, -0.15) is 0 Å². The van der Waals surface area contributed by atoms with E-state index in [2.05, 4.69) is 0 Å². The van der Waals surface area contributed by atoms with Gasteiger partial charge in [0, 0.05) is 26.2 Å². The minimum atomic E-state index is -0.823. The summed E-state index contributed by atoms with van der Waals surface area (Å²) in [4.78, 5) is 28.5. The van der Waals surface area contributed by atoms with E-state index in [1.807, 2.05) is 0 Å². The Hall–Kier alpha value is -1.82. The Bertz CT molecular complexity index is 596. The lowest BCUT2D eigenvalue weighted by Gasteiger charge is -2.37. The minimum absolute atomic E-state index is 0.00555. The molecule has 0 spiro atoms. The highest BCUT2D eigenvalue weighted by Crippen LogP contribution is 2.31. The standard InChI is InChI=1S/C18H26N2O4/c1-14-15(5-12-24-14)17(22)20-10-8-19(9-11-20)16(21)13-18(23)6-3-2-4-7-18/h5,12,23H,2-4,6-11,13H2,1H3. The van der Waals surface area contributed by atoms with Crippen LogP contribution in [0.25, 0.3) is 0 Å². The van der Waals surface area contributed by atoms with Crippen LogP contribution in [0.1, 0.15) is 54.6 Å². The van der Waals surface area contributed by atoms with Crippen LogP contribution >= 0.6 is 0 Å². The van der Waals surface area contributed by atoms with E-state index in [0.29, 0.717) is 37.5 Å². The molecule has 3 rings (SSSR count). The number of aryl methyl sites for hydroxylation is 1. The molecular formula is C18H26N2O4. The number of carbonyl (C=O) groups excluding carboxylic acids is 2. The average molecular weight is 334 g/mol. The second kappa shape index (κ2) is 6.97. The van der Waals surface area contributed by atoms with Crippen LogP contribution in [-0.2, 0) is 4.79 Å². The number of hydrogen-bond acceptors (Lipinski definition) is 4. The summed E-state index contributed by atoms with van der Waals surface area (Å²) in [6.07, 6.45) is 6.31. The molecule has 2 heterocycles. The first-order valence-corrected chi connectivity index (χ1v) is 8.82. The fourth-order valence-electron chi connectivity index (χ4n) is 3.72. The number of aliphatic hydroxyl groups is 1. The van der Waals surface area contributed by atoms with Crippen LogP contribution in [0.2, 0.25) is 0 Å². The molecule has 24 heavy (non-hydrogen) atoms. The third-order valence-corrected chi connectivity index (χ3v) is 5.27. The molecule has 1 N–H and O–H groups in total. The van der Waals surface area contributed by atoms with Gasteiger partial charge in [0.05, 0.1) is 23.8 Å². The summed E-state index contributed by atoms with van der Waals surface area (Å²) in [6, 6.07) is 1.69. The van der Waals surface area contributed by atoms with Crippen LogP contribution in [0.4, 0.5) is 0 Å². The number of piperazine rings is 1. The van der Waals surface area contributed by atoms with E-state index < -0.39 is 5.60 Å². The molecule has 1 aromatic rings. The molecule has 1 aliphatic heterocycles. The first-order chi connectivity index (χ1) is 11.5. The molecule has 6 heteroatoms. The van der Waals surface area contributed by atoms with E-state index in [1.165, 1.54) is 6.26 Å². The Labute approximate surface area is 142 Å². The highest BCUT2D eigenvalue weighted by atomic mass is 16.3. The van der Waals surface area contributed by atoms with E-state index in [1.54, 1.807) is 22.8 Å². The first kappa shape index (κ1) is 17.0. The topological polar surface area (TPSA) is 74.0 Å². The fraction of sp³-hybridized carbons (Fsp3) is 0.667. The number of furan rings is 1. The number of amides is 2. The van der Waals surface area contributed by atoms with Crippen molar-refractivity contribution in [1.29, 1.82) is 0 Å². The Morgan fingerprint density at radius 3 is 2.33 bits per heavy atom. The predicted octanol–water partition coefficient (Wildman–Crippen LogP) is 1.96. The molecule has 132 valence electrons. The molecule has 1 saturated heterocycles. The molecule has 0 radical (unpaired) electrons. The van der Waals surface area contributed by atoms with Crippen molar-refractivity contribution in [2.45, 2.75) is 51.0 Å². The largest absolute Gasteiger partial charge is 0.469 e.